The summed E-state index contributed by atoms with van der Waals surface area (Å²) in [6, 6.07) is 8.61. The Morgan fingerprint density at radius 2 is 2.06 bits per heavy atom. The molecule has 2 aliphatic heterocycles. The van der Waals surface area contributed by atoms with Crippen molar-refractivity contribution in [2.45, 2.75) is 57.0 Å². The zero-order valence-corrected chi connectivity index (χ0v) is 20.9. The molecule has 6 atom stereocenters. The van der Waals surface area contributed by atoms with Gasteiger partial charge in [0.15, 0.2) is 6.23 Å². The summed E-state index contributed by atoms with van der Waals surface area (Å²) < 4.78 is 43.0. The number of carbonyl (C=O) groups is 1. The lowest BCUT2D eigenvalue weighted by Crippen LogP contribution is -2.46. The first-order valence-electron chi connectivity index (χ1n) is 11.3. The van der Waals surface area contributed by atoms with E-state index in [2.05, 4.69) is 10.1 Å². The first kappa shape index (κ1) is 26.3. The third-order valence-electron chi connectivity index (χ3n) is 5.64. The van der Waals surface area contributed by atoms with E-state index in [9.17, 15) is 19.3 Å². The Morgan fingerprint density at radius 3 is 2.72 bits per heavy atom. The van der Waals surface area contributed by atoms with Crippen molar-refractivity contribution < 1.29 is 37.7 Å². The molecule has 0 amide bonds. The molecular weight excluding hydrogens is 495 g/mol. The number of nitrogens with two attached hydrogens (primary N) is 1. The fraction of sp³-hybridized carbons (Fsp3) is 0.500. The van der Waals surface area contributed by atoms with Crippen LogP contribution in [0.25, 0.3) is 0 Å². The Hall–Kier alpha value is -2.80. The Kier molecular flexibility index (Phi) is 7.51. The Morgan fingerprint density at radius 1 is 1.33 bits per heavy atom. The first-order chi connectivity index (χ1) is 17.0. The van der Waals surface area contributed by atoms with Gasteiger partial charge in [0.2, 0.25) is 0 Å². The van der Waals surface area contributed by atoms with E-state index in [1.807, 2.05) is 0 Å². The average Bonchev–Trinajstić information content (AvgIpc) is 3.27. The van der Waals surface area contributed by atoms with Gasteiger partial charge in [0.05, 0.1) is 19.3 Å². The number of nitrogens with one attached hydrogen (secondary N) is 1. The van der Waals surface area contributed by atoms with Crippen molar-refractivity contribution in [2.24, 2.45) is 0 Å². The number of anilines is 1. The molecule has 0 aliphatic carbocycles. The SMILES string of the molecule is CC(C)OC(=O)C(C)NP(=O)(OCC12COC(C(n3ccc(N)nc3=O)O1)C2O)Oc1ccccc1. The maximum absolute atomic E-state index is 13.7. The fourth-order valence-corrected chi connectivity index (χ4v) is 5.43. The normalized spacial score (nSPS) is 27.5. The smallest absolute Gasteiger partial charge is 0.459 e. The van der Waals surface area contributed by atoms with E-state index in [1.54, 1.807) is 44.2 Å². The van der Waals surface area contributed by atoms with E-state index in [0.717, 1.165) is 4.57 Å². The number of nitrogen functional groups attached to an aromatic ring is 1. The van der Waals surface area contributed by atoms with Crippen LogP contribution in [-0.4, -0.2) is 63.8 Å². The molecule has 2 fully saturated rings. The molecule has 13 nitrogen and oxygen atoms in total. The number of hydrogen-bond acceptors (Lipinski definition) is 11. The van der Waals surface area contributed by atoms with Crippen LogP contribution in [0.5, 0.6) is 5.75 Å². The van der Waals surface area contributed by atoms with E-state index in [1.165, 1.54) is 19.2 Å². The lowest BCUT2D eigenvalue weighted by molar-refractivity contribution is -0.185. The molecule has 3 heterocycles. The van der Waals surface area contributed by atoms with Gasteiger partial charge in [0.25, 0.3) is 0 Å². The molecule has 6 unspecified atom stereocenters. The average molecular weight is 524 g/mol. The predicted octanol–water partition coefficient (Wildman–Crippen LogP) is 0.986. The minimum atomic E-state index is -4.21. The van der Waals surface area contributed by atoms with Crippen LogP contribution >= 0.6 is 7.75 Å². The molecule has 1 aromatic carbocycles. The third kappa shape index (κ3) is 5.46. The van der Waals surface area contributed by atoms with Crippen LogP contribution < -0.4 is 21.0 Å². The van der Waals surface area contributed by atoms with E-state index >= 15 is 0 Å². The minimum absolute atomic E-state index is 0.0362. The Bertz CT molecular complexity index is 1190. The molecule has 14 heteroatoms. The number of carbonyl (C=O) groups excluding carboxylic acids is 1. The molecular formula is C22H29N4O9P. The number of fused-ring (bicyclic) bond motifs is 2. The molecule has 1 aromatic heterocycles. The number of rotatable bonds is 10. The van der Waals surface area contributed by atoms with Crippen LogP contribution in [0.3, 0.4) is 0 Å². The van der Waals surface area contributed by atoms with Gasteiger partial charge in [-0.15, -0.1) is 0 Å². The molecule has 0 spiro atoms. The zero-order valence-electron chi connectivity index (χ0n) is 20.0. The minimum Gasteiger partial charge on any atom is -0.462 e. The van der Waals surface area contributed by atoms with Gasteiger partial charge in [0.1, 0.15) is 35.4 Å². The number of para-hydroxylation sites is 1. The number of ether oxygens (including phenoxy) is 3. The lowest BCUT2D eigenvalue weighted by Gasteiger charge is -2.32. The fourth-order valence-electron chi connectivity index (χ4n) is 3.89. The van der Waals surface area contributed by atoms with Gasteiger partial charge in [-0.2, -0.15) is 10.1 Å². The Balaban J connectivity index is 1.53. The summed E-state index contributed by atoms with van der Waals surface area (Å²) in [4.78, 5) is 28.3. The largest absolute Gasteiger partial charge is 0.462 e. The van der Waals surface area contributed by atoms with Crippen molar-refractivity contribution >= 4 is 19.5 Å². The molecule has 2 aliphatic rings. The van der Waals surface area contributed by atoms with Crippen LogP contribution in [0, 0.1) is 0 Å². The van der Waals surface area contributed by atoms with E-state index < -0.39 is 56.1 Å². The molecule has 2 aromatic rings. The maximum Gasteiger partial charge on any atom is 0.459 e. The second kappa shape index (κ2) is 10.3. The van der Waals surface area contributed by atoms with Gasteiger partial charge >= 0.3 is 19.4 Å². The highest BCUT2D eigenvalue weighted by molar-refractivity contribution is 7.52. The standard InChI is InChI=1S/C22H29N4O9P/c1-13(2)33-20(28)14(3)25-36(30,35-15-7-5-4-6-8-15)32-12-22-11-31-17(18(22)27)19(34-22)26-10-9-16(23)24-21(26)29/h4-10,13-14,17-19,27H,11-12H2,1-3H3,(H,25,30)(H2,23,24,29). The lowest BCUT2D eigenvalue weighted by atomic mass is 10.0. The van der Waals surface area contributed by atoms with Gasteiger partial charge in [-0.1, -0.05) is 18.2 Å². The number of aliphatic hydroxyl groups excluding tert-OH is 1. The van der Waals surface area contributed by atoms with Gasteiger partial charge in [-0.3, -0.25) is 13.9 Å². The number of benzene rings is 1. The van der Waals surface area contributed by atoms with Crippen molar-refractivity contribution in [3.05, 3.63) is 53.1 Å². The molecule has 196 valence electrons. The molecule has 0 saturated carbocycles. The summed E-state index contributed by atoms with van der Waals surface area (Å²) in [5.74, 6) is -0.393. The highest BCUT2D eigenvalue weighted by Gasteiger charge is 2.62. The second-order valence-electron chi connectivity index (χ2n) is 8.85. The van der Waals surface area contributed by atoms with Crippen molar-refractivity contribution in [1.82, 2.24) is 14.6 Å². The summed E-state index contributed by atoms with van der Waals surface area (Å²) in [5.41, 5.74) is 3.40. The van der Waals surface area contributed by atoms with Crippen molar-refractivity contribution in [3.63, 3.8) is 0 Å². The number of aromatic nitrogens is 2. The summed E-state index contributed by atoms with van der Waals surface area (Å²) in [6.07, 6.45) is -2.14. The predicted molar refractivity (Wildman–Crippen MR) is 126 cm³/mol. The van der Waals surface area contributed by atoms with Crippen molar-refractivity contribution in [1.29, 1.82) is 0 Å². The van der Waals surface area contributed by atoms with Crippen LogP contribution in [0.15, 0.2) is 47.4 Å². The topological polar surface area (TPSA) is 173 Å². The molecule has 4 N–H and O–H groups in total. The highest BCUT2D eigenvalue weighted by Crippen LogP contribution is 2.50. The molecule has 2 bridgehead atoms. The molecule has 0 radical (unpaired) electrons. The van der Waals surface area contributed by atoms with E-state index in [-0.39, 0.29) is 24.3 Å². The molecule has 36 heavy (non-hydrogen) atoms. The number of nitrogens with zero attached hydrogens (tertiary/aromatic N) is 2. The van der Waals surface area contributed by atoms with Gasteiger partial charge < -0.3 is 29.6 Å². The van der Waals surface area contributed by atoms with Gasteiger partial charge in [-0.05, 0) is 39.0 Å². The summed E-state index contributed by atoms with van der Waals surface area (Å²) >= 11 is 0. The third-order valence-corrected chi connectivity index (χ3v) is 7.26. The van der Waals surface area contributed by atoms with Crippen LogP contribution in [-0.2, 0) is 28.1 Å². The monoisotopic (exact) mass is 524 g/mol. The van der Waals surface area contributed by atoms with E-state index in [4.69, 9.17) is 29.0 Å². The van der Waals surface area contributed by atoms with Gasteiger partial charge in [0, 0.05) is 6.20 Å². The number of aliphatic hydroxyl groups is 1. The van der Waals surface area contributed by atoms with Crippen molar-refractivity contribution in [2.75, 3.05) is 18.9 Å². The van der Waals surface area contributed by atoms with Crippen molar-refractivity contribution in [3.8, 4) is 5.75 Å². The molecule has 4 rings (SSSR count). The summed E-state index contributed by atoms with van der Waals surface area (Å²) in [6.45, 7) is 4.30. The second-order valence-corrected chi connectivity index (χ2v) is 10.5. The number of hydrogen-bond donors (Lipinski definition) is 3. The summed E-state index contributed by atoms with van der Waals surface area (Å²) in [7, 11) is -4.21. The van der Waals surface area contributed by atoms with Crippen LogP contribution in [0.1, 0.15) is 27.0 Å². The van der Waals surface area contributed by atoms with Gasteiger partial charge in [-0.25, -0.2) is 9.36 Å². The Labute approximate surface area is 207 Å². The van der Waals surface area contributed by atoms with E-state index in [0.29, 0.717) is 0 Å². The first-order valence-corrected chi connectivity index (χ1v) is 12.9. The maximum atomic E-state index is 13.7. The summed E-state index contributed by atoms with van der Waals surface area (Å²) in [5, 5.41) is 13.5. The van der Waals surface area contributed by atoms with Crippen LogP contribution in [0.2, 0.25) is 0 Å². The highest BCUT2D eigenvalue weighted by atomic mass is 31.2. The van der Waals surface area contributed by atoms with Crippen LogP contribution in [0.4, 0.5) is 5.82 Å². The molecule has 2 saturated heterocycles. The zero-order chi connectivity index (χ0) is 26.1. The quantitative estimate of drug-likeness (QED) is 0.297. The number of esters is 1.